The third-order valence-corrected chi connectivity index (χ3v) is 10.4. The van der Waals surface area contributed by atoms with Crippen molar-refractivity contribution in [1.29, 1.82) is 5.26 Å². The Morgan fingerprint density at radius 2 is 1.62 bits per heavy atom. The van der Waals surface area contributed by atoms with Gasteiger partial charge in [0.05, 0.1) is 48.7 Å². The van der Waals surface area contributed by atoms with E-state index < -0.39 is 25.4 Å². The van der Waals surface area contributed by atoms with E-state index >= 15 is 0 Å². The molecular weight excluding hydrogens is 696 g/mol. The zero-order valence-corrected chi connectivity index (χ0v) is 31.3. The monoisotopic (exact) mass is 744 g/mol. The van der Waals surface area contributed by atoms with Crippen molar-refractivity contribution in [2.24, 2.45) is 0 Å². The Morgan fingerprint density at radius 1 is 0.906 bits per heavy atom. The van der Waals surface area contributed by atoms with E-state index in [-0.39, 0.29) is 25.9 Å². The number of benzene rings is 3. The van der Waals surface area contributed by atoms with Crippen LogP contribution in [-0.2, 0) is 19.8 Å². The summed E-state index contributed by atoms with van der Waals surface area (Å²) in [5.41, 5.74) is 6.32. The smallest absolute Gasteiger partial charge is 0.142 e. The van der Waals surface area contributed by atoms with Crippen LogP contribution in [0.3, 0.4) is 0 Å². The molecule has 1 atom stereocenters. The van der Waals surface area contributed by atoms with Crippen molar-refractivity contribution in [3.8, 4) is 34.4 Å². The number of nitriles is 1. The molecular formula is C41H49ClN4O7. The van der Waals surface area contributed by atoms with Crippen molar-refractivity contribution in [2.75, 3.05) is 46.1 Å². The predicted octanol–water partition coefficient (Wildman–Crippen LogP) is 5.00. The van der Waals surface area contributed by atoms with Gasteiger partial charge in [0.25, 0.3) is 0 Å². The molecule has 1 unspecified atom stereocenters. The van der Waals surface area contributed by atoms with Gasteiger partial charge >= 0.3 is 0 Å². The Labute approximate surface area is 316 Å². The number of pyridine rings is 1. The molecule has 2 heterocycles. The fraction of sp³-hybridized carbons (Fsp3) is 0.415. The molecule has 1 saturated heterocycles. The molecule has 0 saturated carbocycles. The van der Waals surface area contributed by atoms with Crippen LogP contribution in [0.25, 0.3) is 11.1 Å². The van der Waals surface area contributed by atoms with E-state index in [1.807, 2.05) is 31.2 Å². The molecule has 5 N–H and O–H groups in total. The van der Waals surface area contributed by atoms with Crippen molar-refractivity contribution >= 4 is 11.6 Å². The van der Waals surface area contributed by atoms with Crippen LogP contribution in [0.15, 0.2) is 60.9 Å². The number of hydrogen-bond acceptors (Lipinski definition) is 11. The Morgan fingerprint density at radius 3 is 2.32 bits per heavy atom. The van der Waals surface area contributed by atoms with Crippen molar-refractivity contribution in [1.82, 2.24) is 15.2 Å². The number of aromatic nitrogens is 1. The van der Waals surface area contributed by atoms with Crippen molar-refractivity contribution < 1.29 is 34.6 Å². The fourth-order valence-electron chi connectivity index (χ4n) is 6.44. The van der Waals surface area contributed by atoms with Gasteiger partial charge in [-0.25, -0.2) is 0 Å². The molecule has 1 aliphatic rings. The van der Waals surface area contributed by atoms with Crippen molar-refractivity contribution in [3.63, 3.8) is 0 Å². The molecule has 5 rings (SSSR count). The molecule has 0 aliphatic carbocycles. The third kappa shape index (κ3) is 9.85. The molecule has 3 aromatic carbocycles. The molecule has 0 bridgehead atoms. The molecule has 53 heavy (non-hydrogen) atoms. The van der Waals surface area contributed by atoms with Crippen molar-refractivity contribution in [3.05, 3.63) is 105 Å². The molecule has 0 spiro atoms. The van der Waals surface area contributed by atoms with Crippen LogP contribution in [0, 0.1) is 32.1 Å². The van der Waals surface area contributed by atoms with Crippen LogP contribution >= 0.6 is 11.6 Å². The van der Waals surface area contributed by atoms with E-state index in [2.05, 4.69) is 47.3 Å². The zero-order valence-electron chi connectivity index (χ0n) is 30.6. The number of aliphatic hydroxyl groups excluding tert-OH is 4. The van der Waals surface area contributed by atoms with E-state index in [1.54, 1.807) is 18.3 Å². The predicted molar refractivity (Wildman–Crippen MR) is 203 cm³/mol. The van der Waals surface area contributed by atoms with E-state index in [0.29, 0.717) is 45.4 Å². The lowest BCUT2D eigenvalue weighted by molar-refractivity contribution is 0.0411. The van der Waals surface area contributed by atoms with E-state index in [0.717, 1.165) is 66.0 Å². The minimum Gasteiger partial charge on any atom is -0.493 e. The normalized spacial score (nSPS) is 14.7. The van der Waals surface area contributed by atoms with Crippen LogP contribution in [0.5, 0.6) is 17.2 Å². The van der Waals surface area contributed by atoms with Crippen LogP contribution in [0.1, 0.15) is 51.8 Å². The van der Waals surface area contributed by atoms with Crippen molar-refractivity contribution in [2.45, 2.75) is 65.0 Å². The number of hydrogen-bond donors (Lipinski definition) is 5. The first-order chi connectivity index (χ1) is 25.6. The van der Waals surface area contributed by atoms with Gasteiger partial charge in [-0.2, -0.15) is 5.26 Å². The lowest BCUT2D eigenvalue weighted by Crippen LogP contribution is -2.54. The lowest BCUT2D eigenvalue weighted by atomic mass is 9.93. The van der Waals surface area contributed by atoms with Gasteiger partial charge in [0.2, 0.25) is 0 Å². The number of nitrogens with zero attached hydrogens (tertiary/aromatic N) is 3. The second-order valence-electron chi connectivity index (χ2n) is 13.6. The average Bonchev–Trinajstić information content (AvgIpc) is 3.60. The number of likely N-dealkylation sites (tertiary alicyclic amines) is 1. The van der Waals surface area contributed by atoms with Gasteiger partial charge in [-0.3, -0.25) is 4.98 Å². The number of β-amino-alcohol motifs (C(OH)–C–C–N with tert-alkyl or cyclic N) is 1. The highest BCUT2D eigenvalue weighted by atomic mass is 35.5. The van der Waals surface area contributed by atoms with Crippen LogP contribution in [0.4, 0.5) is 0 Å². The summed E-state index contributed by atoms with van der Waals surface area (Å²) in [7, 11) is 0. The summed E-state index contributed by atoms with van der Waals surface area (Å²) in [5, 5.41) is 52.2. The van der Waals surface area contributed by atoms with E-state index in [9.17, 15) is 25.7 Å². The molecule has 1 fully saturated rings. The summed E-state index contributed by atoms with van der Waals surface area (Å²) in [4.78, 5) is 6.40. The Kier molecular flexibility index (Phi) is 14.1. The lowest BCUT2D eigenvalue weighted by Gasteiger charge is -2.30. The second kappa shape index (κ2) is 18.7. The highest BCUT2D eigenvalue weighted by molar-refractivity contribution is 6.33. The summed E-state index contributed by atoms with van der Waals surface area (Å²) < 4.78 is 18.9. The zero-order chi connectivity index (χ0) is 38.0. The number of aliphatic hydroxyl groups is 4. The first-order valence-electron chi connectivity index (χ1n) is 17.8. The average molecular weight is 745 g/mol. The molecule has 0 amide bonds. The molecule has 12 heteroatoms. The highest BCUT2D eigenvalue weighted by Crippen LogP contribution is 2.39. The Bertz CT molecular complexity index is 1890. The SMILES string of the molecule is Cc1c(COc2cc(OCc3cncc(C#N)c3)c(CNC(CO)(CO)CO)c(C)c2Cl)cccc1-c1cccc(OCCCN2CCC(O)C2)c1C. The summed E-state index contributed by atoms with van der Waals surface area (Å²) in [6.07, 6.45) is 4.59. The minimum atomic E-state index is -1.32. The molecule has 1 aromatic heterocycles. The summed E-state index contributed by atoms with van der Waals surface area (Å²) in [6.45, 7) is 8.12. The molecule has 0 radical (unpaired) electrons. The van der Waals surface area contributed by atoms with Gasteiger partial charge in [0.1, 0.15) is 36.5 Å². The largest absolute Gasteiger partial charge is 0.493 e. The first-order valence-corrected chi connectivity index (χ1v) is 18.2. The second-order valence-corrected chi connectivity index (χ2v) is 14.0. The van der Waals surface area contributed by atoms with Gasteiger partial charge in [0.15, 0.2) is 0 Å². The number of ether oxygens (including phenoxy) is 3. The maximum absolute atomic E-state index is 9.89. The third-order valence-electron chi connectivity index (χ3n) is 9.95. The van der Waals surface area contributed by atoms with E-state index in [4.69, 9.17) is 25.8 Å². The molecule has 11 nitrogen and oxygen atoms in total. The maximum Gasteiger partial charge on any atom is 0.142 e. The topological polar surface area (TPSA) is 161 Å². The number of halogens is 1. The molecule has 4 aromatic rings. The van der Waals surface area contributed by atoms with E-state index in [1.165, 1.54) is 6.20 Å². The minimum absolute atomic E-state index is 0.104. The first kappa shape index (κ1) is 39.9. The summed E-state index contributed by atoms with van der Waals surface area (Å²) in [6, 6.07) is 17.7. The number of rotatable bonds is 18. The Hall–Kier alpha value is -4.25. The van der Waals surface area contributed by atoms with Gasteiger partial charge < -0.3 is 44.9 Å². The van der Waals surface area contributed by atoms with Crippen LogP contribution in [0.2, 0.25) is 5.02 Å². The van der Waals surface area contributed by atoms with Crippen LogP contribution < -0.4 is 19.5 Å². The number of nitrogens with one attached hydrogen (secondary N) is 1. The standard InChI is InChI=1S/C41H49ClN4O7/c1-27-32(7-4-8-34(27)35-9-5-10-37(28(35)2)51-14-6-12-46-13-11-33(50)21-46)23-53-39-16-38(52-22-31-15-30(17-43)18-44-19-31)36(29(3)40(39)42)20-45-41(24-47,25-48)26-49/h4-5,7-10,15-16,18-19,33,45,47-50H,6,11-14,20-26H2,1-3H3. The highest BCUT2D eigenvalue weighted by Gasteiger charge is 2.29. The molecule has 1 aliphatic heterocycles. The summed E-state index contributed by atoms with van der Waals surface area (Å²) in [5.74, 6) is 1.69. The van der Waals surface area contributed by atoms with Gasteiger partial charge in [-0.15, -0.1) is 0 Å². The van der Waals surface area contributed by atoms with Gasteiger partial charge in [0, 0.05) is 55.8 Å². The fourth-order valence-corrected chi connectivity index (χ4v) is 6.67. The quantitative estimate of drug-likeness (QED) is 0.0873. The van der Waals surface area contributed by atoms with Crippen LogP contribution in [-0.4, -0.2) is 88.0 Å². The maximum atomic E-state index is 9.89. The van der Waals surface area contributed by atoms with Gasteiger partial charge in [-0.1, -0.05) is 41.9 Å². The molecule has 282 valence electrons. The summed E-state index contributed by atoms with van der Waals surface area (Å²) >= 11 is 6.92. The Balaban J connectivity index is 1.35. The van der Waals surface area contributed by atoms with Gasteiger partial charge in [-0.05, 0) is 79.1 Å².